The van der Waals surface area contributed by atoms with Gasteiger partial charge in [-0.1, -0.05) is 28.1 Å². The van der Waals surface area contributed by atoms with Gasteiger partial charge in [0.25, 0.3) is 5.91 Å². The van der Waals surface area contributed by atoms with Crippen molar-refractivity contribution in [2.75, 3.05) is 5.32 Å². The van der Waals surface area contributed by atoms with E-state index >= 15 is 0 Å². The molecular weight excluding hydrogens is 349 g/mol. The number of hydrogen-bond donors (Lipinski definition) is 2. The summed E-state index contributed by atoms with van der Waals surface area (Å²) >= 11 is 3.35. The maximum absolute atomic E-state index is 12.7. The standard InChI is InChI=1S/C16H15BrFN3O/c1-11(20-15-8-4-13(17)5-9-15)16(22)21-19-10-12-2-6-14(18)7-3-12/h2-11,20H,1H3,(H,21,22)/b19-10-/t11-/m1/s1. The summed E-state index contributed by atoms with van der Waals surface area (Å²) < 4.78 is 13.7. The molecule has 0 saturated carbocycles. The van der Waals surface area contributed by atoms with Gasteiger partial charge in [-0.25, -0.2) is 9.82 Å². The summed E-state index contributed by atoms with van der Waals surface area (Å²) in [6, 6.07) is 12.9. The number of anilines is 1. The van der Waals surface area contributed by atoms with Crippen LogP contribution in [-0.4, -0.2) is 18.2 Å². The Bertz CT molecular complexity index is 656. The third kappa shape index (κ3) is 4.96. The van der Waals surface area contributed by atoms with E-state index in [-0.39, 0.29) is 11.7 Å². The van der Waals surface area contributed by atoms with Crippen molar-refractivity contribution in [2.24, 2.45) is 5.10 Å². The fourth-order valence-electron chi connectivity index (χ4n) is 1.68. The van der Waals surface area contributed by atoms with Crippen molar-refractivity contribution >= 4 is 33.7 Å². The number of hydrogen-bond acceptors (Lipinski definition) is 3. The quantitative estimate of drug-likeness (QED) is 0.630. The van der Waals surface area contributed by atoms with Gasteiger partial charge in [-0.15, -0.1) is 0 Å². The van der Waals surface area contributed by atoms with Crippen LogP contribution in [0.5, 0.6) is 0 Å². The highest BCUT2D eigenvalue weighted by Crippen LogP contribution is 2.14. The van der Waals surface area contributed by atoms with Gasteiger partial charge in [0.15, 0.2) is 0 Å². The molecule has 0 aliphatic rings. The summed E-state index contributed by atoms with van der Waals surface area (Å²) in [5, 5.41) is 6.92. The minimum absolute atomic E-state index is 0.263. The molecule has 0 aliphatic carbocycles. The molecule has 2 rings (SSSR count). The van der Waals surface area contributed by atoms with E-state index < -0.39 is 6.04 Å². The summed E-state index contributed by atoms with van der Waals surface area (Å²) in [6.07, 6.45) is 1.46. The van der Waals surface area contributed by atoms with Crippen LogP contribution in [-0.2, 0) is 4.79 Å². The van der Waals surface area contributed by atoms with Crippen LogP contribution >= 0.6 is 15.9 Å². The first-order chi connectivity index (χ1) is 10.5. The van der Waals surface area contributed by atoms with Gasteiger partial charge in [-0.05, 0) is 48.9 Å². The average molecular weight is 364 g/mol. The Kier molecular flexibility index (Phi) is 5.66. The van der Waals surface area contributed by atoms with E-state index in [0.717, 1.165) is 10.2 Å². The Labute approximate surface area is 136 Å². The van der Waals surface area contributed by atoms with Gasteiger partial charge < -0.3 is 5.32 Å². The number of amides is 1. The lowest BCUT2D eigenvalue weighted by atomic mass is 10.2. The molecule has 0 saturated heterocycles. The SMILES string of the molecule is C[C@@H](Nc1ccc(Br)cc1)C(=O)N/N=C\c1ccc(F)cc1. The molecule has 2 N–H and O–H groups in total. The van der Waals surface area contributed by atoms with Crippen LogP contribution < -0.4 is 10.7 Å². The summed E-state index contributed by atoms with van der Waals surface area (Å²) in [5.74, 6) is -0.574. The molecule has 0 bridgehead atoms. The number of nitrogens with one attached hydrogen (secondary N) is 2. The van der Waals surface area contributed by atoms with Crippen LogP contribution in [0.1, 0.15) is 12.5 Å². The fraction of sp³-hybridized carbons (Fsp3) is 0.125. The van der Waals surface area contributed by atoms with Crippen molar-refractivity contribution in [3.05, 3.63) is 64.4 Å². The zero-order valence-electron chi connectivity index (χ0n) is 11.9. The summed E-state index contributed by atoms with van der Waals surface area (Å²) in [5.41, 5.74) is 3.99. The molecule has 0 aromatic heterocycles. The fourth-order valence-corrected chi connectivity index (χ4v) is 1.94. The number of nitrogens with zero attached hydrogens (tertiary/aromatic N) is 1. The first kappa shape index (κ1) is 16.2. The van der Waals surface area contributed by atoms with Gasteiger partial charge in [0.05, 0.1) is 6.21 Å². The molecule has 114 valence electrons. The van der Waals surface area contributed by atoms with Crippen LogP contribution in [0.4, 0.5) is 10.1 Å². The van der Waals surface area contributed by atoms with Crippen molar-refractivity contribution in [3.63, 3.8) is 0 Å². The highest BCUT2D eigenvalue weighted by molar-refractivity contribution is 9.10. The monoisotopic (exact) mass is 363 g/mol. The summed E-state index contributed by atoms with van der Waals surface area (Å²) in [7, 11) is 0. The third-order valence-electron chi connectivity index (χ3n) is 2.88. The molecule has 2 aromatic rings. The lowest BCUT2D eigenvalue weighted by Crippen LogP contribution is -2.34. The highest BCUT2D eigenvalue weighted by Gasteiger charge is 2.11. The summed E-state index contributed by atoms with van der Waals surface area (Å²) in [4.78, 5) is 11.9. The van der Waals surface area contributed by atoms with Crippen molar-refractivity contribution in [1.29, 1.82) is 0 Å². The number of rotatable bonds is 5. The molecule has 1 amide bonds. The Morgan fingerprint density at radius 1 is 1.18 bits per heavy atom. The van der Waals surface area contributed by atoms with E-state index in [4.69, 9.17) is 0 Å². The van der Waals surface area contributed by atoms with Crippen molar-refractivity contribution < 1.29 is 9.18 Å². The molecule has 0 unspecified atom stereocenters. The van der Waals surface area contributed by atoms with E-state index in [0.29, 0.717) is 5.56 Å². The third-order valence-corrected chi connectivity index (χ3v) is 3.41. The van der Waals surface area contributed by atoms with Crippen LogP contribution in [0.2, 0.25) is 0 Å². The van der Waals surface area contributed by atoms with Crippen LogP contribution in [0.25, 0.3) is 0 Å². The maximum atomic E-state index is 12.7. The Morgan fingerprint density at radius 2 is 1.82 bits per heavy atom. The second-order valence-corrected chi connectivity index (χ2v) is 5.57. The van der Waals surface area contributed by atoms with Gasteiger partial charge in [0.2, 0.25) is 0 Å². The smallest absolute Gasteiger partial charge is 0.262 e. The Morgan fingerprint density at radius 3 is 2.45 bits per heavy atom. The minimum Gasteiger partial charge on any atom is -0.374 e. The summed E-state index contributed by atoms with van der Waals surface area (Å²) in [6.45, 7) is 1.74. The van der Waals surface area contributed by atoms with Gasteiger partial charge >= 0.3 is 0 Å². The van der Waals surface area contributed by atoms with Gasteiger partial charge in [-0.3, -0.25) is 4.79 Å². The topological polar surface area (TPSA) is 53.5 Å². The Hall–Kier alpha value is -2.21. The maximum Gasteiger partial charge on any atom is 0.262 e. The molecule has 0 radical (unpaired) electrons. The van der Waals surface area contributed by atoms with Crippen LogP contribution in [0.15, 0.2) is 58.1 Å². The van der Waals surface area contributed by atoms with Crippen LogP contribution in [0.3, 0.4) is 0 Å². The second-order valence-electron chi connectivity index (χ2n) is 4.66. The van der Waals surface area contributed by atoms with Gasteiger partial charge in [0, 0.05) is 10.2 Å². The normalized spacial score (nSPS) is 12.1. The number of halogens is 2. The molecule has 0 heterocycles. The lowest BCUT2D eigenvalue weighted by Gasteiger charge is -2.13. The lowest BCUT2D eigenvalue weighted by molar-refractivity contribution is -0.121. The molecule has 6 heteroatoms. The van der Waals surface area contributed by atoms with Crippen LogP contribution in [0, 0.1) is 5.82 Å². The molecule has 22 heavy (non-hydrogen) atoms. The number of carbonyl (C=O) groups is 1. The molecule has 1 atom stereocenters. The van der Waals surface area contributed by atoms with Crippen molar-refractivity contribution in [2.45, 2.75) is 13.0 Å². The van der Waals surface area contributed by atoms with Gasteiger partial charge in [-0.2, -0.15) is 5.10 Å². The van der Waals surface area contributed by atoms with Crippen molar-refractivity contribution in [1.82, 2.24) is 5.43 Å². The van der Waals surface area contributed by atoms with E-state index in [1.165, 1.54) is 18.3 Å². The predicted octanol–water partition coefficient (Wildman–Crippen LogP) is 3.54. The minimum atomic E-state index is -0.438. The molecule has 0 spiro atoms. The predicted molar refractivity (Wildman–Crippen MR) is 89.4 cm³/mol. The van der Waals surface area contributed by atoms with Gasteiger partial charge in [0.1, 0.15) is 11.9 Å². The van der Waals surface area contributed by atoms with Crippen molar-refractivity contribution in [3.8, 4) is 0 Å². The first-order valence-electron chi connectivity index (χ1n) is 6.65. The zero-order chi connectivity index (χ0) is 15.9. The first-order valence-corrected chi connectivity index (χ1v) is 7.44. The molecule has 2 aromatic carbocycles. The van der Waals surface area contributed by atoms with E-state index in [1.807, 2.05) is 24.3 Å². The molecular formula is C16H15BrFN3O. The number of hydrazone groups is 1. The molecule has 0 fully saturated rings. The average Bonchev–Trinajstić information content (AvgIpc) is 2.51. The number of benzene rings is 2. The van der Waals surface area contributed by atoms with E-state index in [2.05, 4.69) is 31.8 Å². The second kappa shape index (κ2) is 7.70. The zero-order valence-corrected chi connectivity index (χ0v) is 13.5. The van der Waals surface area contributed by atoms with E-state index in [1.54, 1.807) is 19.1 Å². The largest absolute Gasteiger partial charge is 0.374 e. The molecule has 0 aliphatic heterocycles. The molecule has 4 nitrogen and oxygen atoms in total. The Balaban J connectivity index is 1.85. The van der Waals surface area contributed by atoms with E-state index in [9.17, 15) is 9.18 Å². The number of carbonyl (C=O) groups excluding carboxylic acids is 1. The highest BCUT2D eigenvalue weighted by atomic mass is 79.9.